The lowest BCUT2D eigenvalue weighted by Crippen LogP contribution is -2.45. The van der Waals surface area contributed by atoms with Gasteiger partial charge in [-0.2, -0.15) is 0 Å². The average molecular weight is 476 g/mol. The van der Waals surface area contributed by atoms with E-state index >= 15 is 0 Å². The van der Waals surface area contributed by atoms with Gasteiger partial charge in [0.15, 0.2) is 11.0 Å². The molecule has 1 amide bonds. The van der Waals surface area contributed by atoms with Gasteiger partial charge in [0, 0.05) is 35.7 Å². The lowest BCUT2D eigenvalue weighted by molar-refractivity contribution is -0.133. The topological polar surface area (TPSA) is 63.9 Å². The maximum atomic E-state index is 13.6. The molecule has 0 saturated carbocycles. The molecule has 0 spiro atoms. The molecule has 0 unspecified atom stereocenters. The summed E-state index contributed by atoms with van der Waals surface area (Å²) in [5.74, 6) is 0.467. The lowest BCUT2D eigenvalue weighted by atomic mass is 10.0. The van der Waals surface area contributed by atoms with Crippen LogP contribution in [0, 0.1) is 5.82 Å². The van der Waals surface area contributed by atoms with E-state index in [1.807, 2.05) is 72.7 Å². The first-order valence-electron chi connectivity index (χ1n) is 10.9. The van der Waals surface area contributed by atoms with E-state index in [1.165, 1.54) is 23.9 Å². The molecule has 8 heteroatoms. The lowest BCUT2D eigenvalue weighted by Gasteiger charge is -2.36. The molecular formula is C26H26FN5OS. The predicted octanol–water partition coefficient (Wildman–Crippen LogP) is 5.39. The van der Waals surface area contributed by atoms with Crippen LogP contribution in [0.3, 0.4) is 0 Å². The van der Waals surface area contributed by atoms with Crippen molar-refractivity contribution in [2.45, 2.75) is 38.0 Å². The first-order valence-corrected chi connectivity index (χ1v) is 11.9. The molecule has 0 bridgehead atoms. The van der Waals surface area contributed by atoms with E-state index in [1.54, 1.807) is 24.5 Å². The van der Waals surface area contributed by atoms with E-state index in [-0.39, 0.29) is 23.0 Å². The van der Waals surface area contributed by atoms with Gasteiger partial charge in [0.25, 0.3) is 0 Å². The highest BCUT2D eigenvalue weighted by Crippen LogP contribution is 2.29. The SMILES string of the molecule is CC(C)(C)N(Cc1ccccc1)C(=O)CSc1nnc(-c2ccncc2)n1-c1ccc(F)cc1. The smallest absolute Gasteiger partial charge is 0.233 e. The summed E-state index contributed by atoms with van der Waals surface area (Å²) >= 11 is 1.31. The van der Waals surface area contributed by atoms with Crippen LogP contribution in [0.4, 0.5) is 4.39 Å². The van der Waals surface area contributed by atoms with Crippen LogP contribution in [0.5, 0.6) is 0 Å². The molecule has 2 heterocycles. The van der Waals surface area contributed by atoms with E-state index in [9.17, 15) is 9.18 Å². The van der Waals surface area contributed by atoms with Crippen LogP contribution in [0.25, 0.3) is 17.1 Å². The number of carbonyl (C=O) groups excluding carboxylic acids is 1. The minimum atomic E-state index is -0.347. The zero-order valence-corrected chi connectivity index (χ0v) is 20.2. The van der Waals surface area contributed by atoms with Crippen LogP contribution in [0.15, 0.2) is 84.3 Å². The second-order valence-corrected chi connectivity index (χ2v) is 9.72. The van der Waals surface area contributed by atoms with Crippen molar-refractivity contribution in [1.82, 2.24) is 24.6 Å². The summed E-state index contributed by atoms with van der Waals surface area (Å²) in [6.07, 6.45) is 3.36. The molecule has 34 heavy (non-hydrogen) atoms. The Hall–Kier alpha value is -3.52. The number of pyridine rings is 1. The maximum absolute atomic E-state index is 13.6. The fraction of sp³-hybridized carbons (Fsp3) is 0.231. The van der Waals surface area contributed by atoms with Crippen molar-refractivity contribution < 1.29 is 9.18 Å². The van der Waals surface area contributed by atoms with Gasteiger partial charge in [0.2, 0.25) is 5.91 Å². The van der Waals surface area contributed by atoms with Crippen molar-refractivity contribution in [2.24, 2.45) is 0 Å². The molecule has 2 aromatic heterocycles. The average Bonchev–Trinajstić information content (AvgIpc) is 3.26. The highest BCUT2D eigenvalue weighted by molar-refractivity contribution is 7.99. The molecule has 0 radical (unpaired) electrons. The Morgan fingerprint density at radius 2 is 1.65 bits per heavy atom. The molecule has 0 saturated heterocycles. The summed E-state index contributed by atoms with van der Waals surface area (Å²) in [4.78, 5) is 19.3. The number of rotatable bonds is 7. The van der Waals surface area contributed by atoms with Crippen molar-refractivity contribution in [3.05, 3.63) is 90.5 Å². The number of nitrogens with zero attached hydrogens (tertiary/aromatic N) is 5. The molecule has 174 valence electrons. The number of halogens is 1. The van der Waals surface area contributed by atoms with Gasteiger partial charge in [-0.1, -0.05) is 42.1 Å². The van der Waals surface area contributed by atoms with Crippen molar-refractivity contribution >= 4 is 17.7 Å². The molecule has 4 rings (SSSR count). The zero-order valence-electron chi connectivity index (χ0n) is 19.4. The van der Waals surface area contributed by atoms with Gasteiger partial charge in [-0.3, -0.25) is 14.3 Å². The molecule has 4 aromatic rings. The highest BCUT2D eigenvalue weighted by atomic mass is 32.2. The minimum absolute atomic E-state index is 0.000435. The van der Waals surface area contributed by atoms with Gasteiger partial charge < -0.3 is 4.90 Å². The quantitative estimate of drug-likeness (QED) is 0.336. The molecule has 6 nitrogen and oxygen atoms in total. The number of carbonyl (C=O) groups is 1. The van der Waals surface area contributed by atoms with Crippen molar-refractivity contribution in [2.75, 3.05) is 5.75 Å². The third-order valence-electron chi connectivity index (χ3n) is 5.28. The number of thioether (sulfide) groups is 1. The van der Waals surface area contributed by atoms with Crippen LogP contribution in [0.2, 0.25) is 0 Å². The summed E-state index contributed by atoms with van der Waals surface area (Å²) < 4.78 is 15.4. The van der Waals surface area contributed by atoms with E-state index < -0.39 is 0 Å². The van der Waals surface area contributed by atoms with Crippen molar-refractivity contribution in [3.63, 3.8) is 0 Å². The fourth-order valence-electron chi connectivity index (χ4n) is 3.54. The number of hydrogen-bond donors (Lipinski definition) is 0. The molecule has 0 atom stereocenters. The molecule has 2 aromatic carbocycles. The number of aromatic nitrogens is 4. The van der Waals surface area contributed by atoms with E-state index in [0.717, 1.165) is 11.1 Å². The van der Waals surface area contributed by atoms with E-state index in [4.69, 9.17) is 0 Å². The molecular weight excluding hydrogens is 449 g/mol. The van der Waals surface area contributed by atoms with Gasteiger partial charge in [-0.15, -0.1) is 10.2 Å². The summed E-state index contributed by atoms with van der Waals surface area (Å²) in [5, 5.41) is 9.29. The third kappa shape index (κ3) is 5.51. The first-order chi connectivity index (χ1) is 16.3. The highest BCUT2D eigenvalue weighted by Gasteiger charge is 2.27. The molecule has 0 N–H and O–H groups in total. The molecule has 0 fully saturated rings. The summed E-state index contributed by atoms with van der Waals surface area (Å²) in [6.45, 7) is 6.61. The second-order valence-electron chi connectivity index (χ2n) is 8.78. The Morgan fingerprint density at radius 1 is 0.971 bits per heavy atom. The van der Waals surface area contributed by atoms with Gasteiger partial charge in [0.1, 0.15) is 5.82 Å². The Balaban J connectivity index is 1.61. The fourth-order valence-corrected chi connectivity index (χ4v) is 4.37. The van der Waals surface area contributed by atoms with Gasteiger partial charge in [0.05, 0.1) is 5.75 Å². The number of benzene rings is 2. The molecule has 0 aliphatic rings. The Labute approximate surface area is 202 Å². The Kier molecular flexibility index (Phi) is 7.07. The second kappa shape index (κ2) is 10.2. The van der Waals surface area contributed by atoms with Crippen molar-refractivity contribution in [1.29, 1.82) is 0 Å². The predicted molar refractivity (Wildman–Crippen MR) is 132 cm³/mol. The molecule has 0 aliphatic carbocycles. The summed E-state index contributed by atoms with van der Waals surface area (Å²) in [6, 6.07) is 19.8. The zero-order chi connectivity index (χ0) is 24.1. The Morgan fingerprint density at radius 3 is 2.29 bits per heavy atom. The monoisotopic (exact) mass is 475 g/mol. The van der Waals surface area contributed by atoms with Crippen LogP contribution in [-0.2, 0) is 11.3 Å². The first kappa shape index (κ1) is 23.6. The van der Waals surface area contributed by atoms with Crippen LogP contribution in [-0.4, -0.2) is 41.8 Å². The van der Waals surface area contributed by atoms with Gasteiger partial charge in [-0.25, -0.2) is 4.39 Å². The number of amides is 1. The Bertz CT molecular complexity index is 1240. The van der Waals surface area contributed by atoms with E-state index in [2.05, 4.69) is 15.2 Å². The van der Waals surface area contributed by atoms with Gasteiger partial charge >= 0.3 is 0 Å². The minimum Gasteiger partial charge on any atom is -0.333 e. The van der Waals surface area contributed by atoms with Crippen molar-refractivity contribution in [3.8, 4) is 17.1 Å². The third-order valence-corrected chi connectivity index (χ3v) is 6.19. The standard InChI is InChI=1S/C26H26FN5OS/c1-26(2,3)31(17-19-7-5-4-6-8-19)23(33)18-34-25-30-29-24(20-13-15-28-16-14-20)32(25)22-11-9-21(27)10-12-22/h4-16H,17-18H2,1-3H3. The van der Waals surface area contributed by atoms with Crippen LogP contribution < -0.4 is 0 Å². The van der Waals surface area contributed by atoms with E-state index in [0.29, 0.717) is 23.2 Å². The van der Waals surface area contributed by atoms with Crippen LogP contribution >= 0.6 is 11.8 Å². The maximum Gasteiger partial charge on any atom is 0.233 e. The summed E-state index contributed by atoms with van der Waals surface area (Å²) in [5.41, 5.74) is 2.26. The normalized spacial score (nSPS) is 11.4. The number of hydrogen-bond acceptors (Lipinski definition) is 5. The van der Waals surface area contributed by atoms with Gasteiger partial charge in [-0.05, 0) is 62.7 Å². The summed E-state index contributed by atoms with van der Waals surface area (Å²) in [7, 11) is 0. The molecule has 0 aliphatic heterocycles. The largest absolute Gasteiger partial charge is 0.333 e. The van der Waals surface area contributed by atoms with Crippen LogP contribution in [0.1, 0.15) is 26.3 Å².